The second-order valence-corrected chi connectivity index (χ2v) is 8.25. The van der Waals surface area contributed by atoms with Gasteiger partial charge in [0, 0.05) is 11.3 Å². The Bertz CT molecular complexity index is 464. The first-order valence-corrected chi connectivity index (χ1v) is 8.18. The Labute approximate surface area is 126 Å². The maximum atomic E-state index is 12.0. The van der Waals surface area contributed by atoms with Gasteiger partial charge in [-0.3, -0.25) is 9.59 Å². The number of aliphatic carboxylic acids is 1. The number of hydrogen-bond donors (Lipinski definition) is 1. The molecule has 0 aromatic rings. The quantitative estimate of drug-likeness (QED) is 0.641. The highest BCUT2D eigenvalue weighted by Crippen LogP contribution is 2.67. The summed E-state index contributed by atoms with van der Waals surface area (Å²) in [6, 6.07) is 0. The first-order chi connectivity index (χ1) is 9.74. The minimum Gasteiger partial charge on any atom is -0.481 e. The summed E-state index contributed by atoms with van der Waals surface area (Å²) in [7, 11) is 0. The minimum absolute atomic E-state index is 0.145. The summed E-state index contributed by atoms with van der Waals surface area (Å²) in [5.74, 6) is 0.918. The lowest BCUT2D eigenvalue weighted by molar-refractivity contribution is -0.192. The van der Waals surface area contributed by atoms with E-state index in [2.05, 4.69) is 20.8 Å². The smallest absolute Gasteiger partial charge is 0.317 e. The van der Waals surface area contributed by atoms with Crippen molar-refractivity contribution in [2.24, 2.45) is 29.1 Å². The summed E-state index contributed by atoms with van der Waals surface area (Å²) in [6.07, 6.45) is 5.44. The Morgan fingerprint density at radius 3 is 2.52 bits per heavy atom. The predicted molar refractivity (Wildman–Crippen MR) is 77.6 cm³/mol. The van der Waals surface area contributed by atoms with Gasteiger partial charge in [-0.1, -0.05) is 27.2 Å². The van der Waals surface area contributed by atoms with E-state index in [0.717, 1.165) is 18.8 Å². The van der Waals surface area contributed by atoms with Crippen LogP contribution < -0.4 is 0 Å². The van der Waals surface area contributed by atoms with Crippen LogP contribution in [0.5, 0.6) is 0 Å². The highest BCUT2D eigenvalue weighted by atomic mass is 16.6. The van der Waals surface area contributed by atoms with Gasteiger partial charge in [0.25, 0.3) is 0 Å². The highest BCUT2D eigenvalue weighted by molar-refractivity contribution is 5.90. The fourth-order valence-corrected chi connectivity index (χ4v) is 5.59. The number of fused-ring (bicyclic) bond motifs is 5. The normalized spacial score (nSPS) is 41.1. The van der Waals surface area contributed by atoms with Crippen molar-refractivity contribution < 1.29 is 19.4 Å². The van der Waals surface area contributed by atoms with Crippen LogP contribution in [-0.4, -0.2) is 22.6 Å². The Balaban J connectivity index is 1.86. The third-order valence-electron chi connectivity index (χ3n) is 6.33. The fourth-order valence-electron chi connectivity index (χ4n) is 5.59. The zero-order valence-electron chi connectivity index (χ0n) is 13.2. The molecule has 3 saturated carbocycles. The van der Waals surface area contributed by atoms with Crippen LogP contribution in [0.2, 0.25) is 0 Å². The molecule has 2 bridgehead atoms. The van der Waals surface area contributed by atoms with Gasteiger partial charge in [0.15, 0.2) is 0 Å². The van der Waals surface area contributed by atoms with Crippen LogP contribution in [0.3, 0.4) is 0 Å². The number of esters is 1. The average molecular weight is 294 g/mol. The number of rotatable bonds is 3. The van der Waals surface area contributed by atoms with Crippen molar-refractivity contribution in [2.75, 3.05) is 0 Å². The lowest BCUT2D eigenvalue weighted by Gasteiger charge is -2.50. The highest BCUT2D eigenvalue weighted by Gasteiger charge is 2.66. The molecule has 3 fully saturated rings. The van der Waals surface area contributed by atoms with Crippen molar-refractivity contribution in [2.45, 2.75) is 64.9 Å². The SMILES string of the molecule is CC(C)(C)C1(OC(=O)CC(=O)O)CC2CC1C1CCCC21. The van der Waals surface area contributed by atoms with Crippen LogP contribution in [-0.2, 0) is 14.3 Å². The molecule has 0 spiro atoms. The molecule has 118 valence electrons. The van der Waals surface area contributed by atoms with Crippen molar-refractivity contribution >= 4 is 11.9 Å². The van der Waals surface area contributed by atoms with Crippen molar-refractivity contribution in [1.82, 2.24) is 0 Å². The molecule has 4 heteroatoms. The van der Waals surface area contributed by atoms with Crippen LogP contribution >= 0.6 is 0 Å². The van der Waals surface area contributed by atoms with Gasteiger partial charge in [0.2, 0.25) is 0 Å². The third kappa shape index (κ3) is 2.18. The van der Waals surface area contributed by atoms with E-state index in [0.29, 0.717) is 17.8 Å². The van der Waals surface area contributed by atoms with E-state index in [1.165, 1.54) is 19.3 Å². The summed E-state index contributed by atoms with van der Waals surface area (Å²) in [6.45, 7) is 6.39. The molecule has 4 nitrogen and oxygen atoms in total. The summed E-state index contributed by atoms with van der Waals surface area (Å²) < 4.78 is 5.90. The molecule has 1 N–H and O–H groups in total. The van der Waals surface area contributed by atoms with E-state index in [1.807, 2.05) is 0 Å². The molecule has 0 saturated heterocycles. The molecule has 0 heterocycles. The van der Waals surface area contributed by atoms with E-state index in [-0.39, 0.29) is 5.41 Å². The van der Waals surface area contributed by atoms with E-state index >= 15 is 0 Å². The summed E-state index contributed by atoms with van der Waals surface area (Å²) in [4.78, 5) is 22.8. The van der Waals surface area contributed by atoms with Gasteiger partial charge in [-0.15, -0.1) is 0 Å². The Morgan fingerprint density at radius 2 is 1.90 bits per heavy atom. The number of carboxylic acids is 1. The number of carboxylic acid groups (broad SMARTS) is 1. The zero-order valence-corrected chi connectivity index (χ0v) is 13.2. The molecular formula is C17H26O4. The maximum absolute atomic E-state index is 12.0. The molecule has 3 aliphatic rings. The standard InChI is InChI=1S/C17H26O4/c1-16(2,3)17(21-15(20)8-14(18)19)9-10-7-13(17)12-6-4-5-11(10)12/h10-13H,4-9H2,1-3H3,(H,18,19). The van der Waals surface area contributed by atoms with Crippen molar-refractivity contribution in [3.8, 4) is 0 Å². The van der Waals surface area contributed by atoms with E-state index < -0.39 is 24.0 Å². The van der Waals surface area contributed by atoms with Crippen LogP contribution in [0.15, 0.2) is 0 Å². The first kappa shape index (κ1) is 14.9. The van der Waals surface area contributed by atoms with Crippen LogP contribution in [0, 0.1) is 29.1 Å². The first-order valence-electron chi connectivity index (χ1n) is 8.18. The molecule has 0 amide bonds. The topological polar surface area (TPSA) is 63.6 Å². The van der Waals surface area contributed by atoms with Gasteiger partial charge in [-0.05, 0) is 43.4 Å². The minimum atomic E-state index is -1.11. The predicted octanol–water partition coefficient (Wildman–Crippen LogP) is 3.25. The summed E-state index contributed by atoms with van der Waals surface area (Å²) in [5.41, 5.74) is -0.607. The van der Waals surface area contributed by atoms with Crippen molar-refractivity contribution in [3.63, 3.8) is 0 Å². The van der Waals surface area contributed by atoms with E-state index in [4.69, 9.17) is 9.84 Å². The maximum Gasteiger partial charge on any atom is 0.317 e. The molecule has 21 heavy (non-hydrogen) atoms. The number of carbonyl (C=O) groups is 2. The molecule has 0 aliphatic heterocycles. The Morgan fingerprint density at radius 1 is 1.24 bits per heavy atom. The number of hydrogen-bond acceptors (Lipinski definition) is 3. The van der Waals surface area contributed by atoms with Gasteiger partial charge in [0.05, 0.1) is 0 Å². The van der Waals surface area contributed by atoms with Crippen LogP contribution in [0.1, 0.15) is 59.3 Å². The van der Waals surface area contributed by atoms with Gasteiger partial charge in [-0.25, -0.2) is 0 Å². The lowest BCUT2D eigenvalue weighted by Crippen LogP contribution is -2.54. The molecule has 0 aromatic heterocycles. The van der Waals surface area contributed by atoms with Gasteiger partial charge < -0.3 is 9.84 Å². The fraction of sp³-hybridized carbons (Fsp3) is 0.882. The van der Waals surface area contributed by atoms with E-state index in [9.17, 15) is 9.59 Å². The Hall–Kier alpha value is -1.06. The average Bonchev–Trinajstić information content (AvgIpc) is 2.94. The third-order valence-corrected chi connectivity index (χ3v) is 6.33. The van der Waals surface area contributed by atoms with E-state index in [1.54, 1.807) is 0 Å². The summed E-state index contributed by atoms with van der Waals surface area (Å²) in [5, 5.41) is 8.83. The summed E-state index contributed by atoms with van der Waals surface area (Å²) >= 11 is 0. The van der Waals surface area contributed by atoms with Gasteiger partial charge in [-0.2, -0.15) is 0 Å². The van der Waals surface area contributed by atoms with Crippen LogP contribution in [0.4, 0.5) is 0 Å². The monoisotopic (exact) mass is 294 g/mol. The largest absolute Gasteiger partial charge is 0.481 e. The molecular weight excluding hydrogens is 268 g/mol. The van der Waals surface area contributed by atoms with Crippen molar-refractivity contribution in [3.05, 3.63) is 0 Å². The Kier molecular flexibility index (Phi) is 3.34. The molecule has 3 aliphatic carbocycles. The van der Waals surface area contributed by atoms with Crippen LogP contribution in [0.25, 0.3) is 0 Å². The molecule has 5 unspecified atom stereocenters. The number of ether oxygens (including phenoxy) is 1. The van der Waals surface area contributed by atoms with Crippen molar-refractivity contribution in [1.29, 1.82) is 0 Å². The second-order valence-electron chi connectivity index (χ2n) is 8.25. The van der Waals surface area contributed by atoms with Gasteiger partial charge >= 0.3 is 11.9 Å². The molecule has 0 radical (unpaired) electrons. The number of carbonyl (C=O) groups excluding carboxylic acids is 1. The second kappa shape index (κ2) is 4.72. The molecule has 5 atom stereocenters. The molecule has 3 rings (SSSR count). The van der Waals surface area contributed by atoms with Gasteiger partial charge in [0.1, 0.15) is 12.0 Å². The molecule has 0 aromatic carbocycles. The lowest BCUT2D eigenvalue weighted by atomic mass is 9.62. The zero-order chi connectivity index (χ0) is 15.4.